The zero-order valence-corrected chi connectivity index (χ0v) is 35.3. The molecule has 2 fully saturated rings. The van der Waals surface area contributed by atoms with Crippen molar-refractivity contribution in [3.8, 4) is 0 Å². The molecule has 0 bridgehead atoms. The van der Waals surface area contributed by atoms with Gasteiger partial charge in [-0.2, -0.15) is 0 Å². The van der Waals surface area contributed by atoms with Gasteiger partial charge < -0.3 is 19.6 Å². The minimum atomic E-state index is -0.211. The minimum absolute atomic E-state index is 0. The van der Waals surface area contributed by atoms with Crippen LogP contribution < -0.4 is 120 Å². The topological polar surface area (TPSA) is 98.2 Å². The summed E-state index contributed by atoms with van der Waals surface area (Å²) in [5.74, 6) is -0.0129. The predicted octanol–water partition coefficient (Wildman–Crippen LogP) is 5.45. The fourth-order valence-corrected chi connectivity index (χ4v) is 3.33. The Kier molecular flexibility index (Phi) is 118. The Morgan fingerprint density at radius 2 is 0.927 bits per heavy atom. The molecular weight excluding hydrogens is 561 g/mol. The monoisotopic (exact) mass is 650 g/mol. The van der Waals surface area contributed by atoms with Crippen LogP contribution in [0.15, 0.2) is 0 Å². The average molecular weight is 650 g/mol. The largest absolute Gasteiger partial charge is 1.00 e. The van der Waals surface area contributed by atoms with Gasteiger partial charge in [-0.15, -0.1) is 0 Å². The quantitative estimate of drug-likeness (QED) is 0.205. The summed E-state index contributed by atoms with van der Waals surface area (Å²) in [6, 6.07) is 0. The Hall–Kier alpha value is 2.17. The SMILES string of the molecule is C.C.C1CCCC1.C1CCCC1.CC.CC.CCCC(N)=O.CCCCCN.CCCCCNC(=O)CCC.[2HH].[2HH].[H-].[H-].[K+].[K+]. The second kappa shape index (κ2) is 73.6. The average Bonchev–Trinajstić information content (AvgIpc) is 3.68. The van der Waals surface area contributed by atoms with Crippen molar-refractivity contribution in [3.63, 3.8) is 0 Å². The molecule has 2 rings (SSSR count). The van der Waals surface area contributed by atoms with Gasteiger partial charge in [-0.1, -0.05) is 160 Å². The van der Waals surface area contributed by atoms with Gasteiger partial charge in [0.1, 0.15) is 0 Å². The van der Waals surface area contributed by atoms with Crippen LogP contribution in [0.4, 0.5) is 0 Å². The number of hydrogen-bond acceptors (Lipinski definition) is 3. The normalized spacial score (nSPS) is 11.2. The third-order valence-corrected chi connectivity index (χ3v) is 5.38. The van der Waals surface area contributed by atoms with Crippen LogP contribution >= 0.6 is 0 Å². The minimum Gasteiger partial charge on any atom is -1.00 e. The fraction of sp³-hybridized carbons (Fsp3) is 0.941. The number of primary amides is 1. The Morgan fingerprint density at radius 3 is 1.12 bits per heavy atom. The number of carbonyl (C=O) groups excluding carboxylic acids is 2. The van der Waals surface area contributed by atoms with Crippen LogP contribution in [0.2, 0.25) is 0 Å². The molecule has 41 heavy (non-hydrogen) atoms. The Bertz CT molecular complexity index is 371. The van der Waals surface area contributed by atoms with Gasteiger partial charge in [0.05, 0.1) is 0 Å². The van der Waals surface area contributed by atoms with E-state index in [9.17, 15) is 9.59 Å². The van der Waals surface area contributed by atoms with E-state index in [1.165, 1.54) is 96.3 Å². The van der Waals surface area contributed by atoms with Crippen LogP contribution in [0.25, 0.3) is 0 Å². The molecule has 0 heterocycles. The zero-order valence-electron chi connectivity index (χ0n) is 31.0. The summed E-state index contributed by atoms with van der Waals surface area (Å²) in [6.07, 6.45) is 25.3. The first-order chi connectivity index (χ1) is 18.0. The van der Waals surface area contributed by atoms with Crippen LogP contribution in [0.3, 0.4) is 0 Å². The van der Waals surface area contributed by atoms with Gasteiger partial charge in [0.25, 0.3) is 0 Å². The van der Waals surface area contributed by atoms with E-state index in [1.807, 2.05) is 41.5 Å². The molecule has 0 radical (unpaired) electrons. The van der Waals surface area contributed by atoms with Gasteiger partial charge in [-0.25, -0.2) is 0 Å². The summed E-state index contributed by atoms with van der Waals surface area (Å²) >= 11 is 0. The molecule has 0 saturated heterocycles. The summed E-state index contributed by atoms with van der Waals surface area (Å²) in [7, 11) is 0. The molecule has 0 atom stereocenters. The molecule has 7 heteroatoms. The smallest absolute Gasteiger partial charge is 1.00 e. The molecule has 5 nitrogen and oxygen atoms in total. The molecule has 0 spiro atoms. The number of amides is 2. The van der Waals surface area contributed by atoms with Crippen LogP contribution in [-0.2, 0) is 9.59 Å². The molecular formula is C34H87K2N3O2. The van der Waals surface area contributed by atoms with E-state index in [1.54, 1.807) is 0 Å². The van der Waals surface area contributed by atoms with E-state index in [0.29, 0.717) is 12.8 Å². The molecule has 5 N–H and O–H groups in total. The molecule has 252 valence electrons. The number of nitrogens with one attached hydrogen (secondary N) is 1. The second-order valence-corrected chi connectivity index (χ2v) is 9.05. The molecule has 0 aliphatic heterocycles. The summed E-state index contributed by atoms with van der Waals surface area (Å²) in [5.41, 5.74) is 9.98. The fourth-order valence-electron chi connectivity index (χ4n) is 3.33. The Morgan fingerprint density at radius 1 is 0.610 bits per heavy atom. The van der Waals surface area contributed by atoms with Gasteiger partial charge in [-0.3, -0.25) is 9.59 Å². The number of unbranched alkanes of at least 4 members (excludes halogenated alkanes) is 4. The van der Waals surface area contributed by atoms with E-state index in [0.717, 1.165) is 32.4 Å². The van der Waals surface area contributed by atoms with E-state index in [-0.39, 0.29) is 135 Å². The van der Waals surface area contributed by atoms with Crippen molar-refractivity contribution in [3.05, 3.63) is 0 Å². The standard InChI is InChI=1S/C9H19NO.C5H13N.2C5H10.C4H9NO.2C2H6.2CH4.2K.2H2.2H/c1-3-5-6-8-10-9(11)7-4-2;1-2-3-4-5-6;2*1-2-4-5-3-1;1-2-3-4(5)6;2*1-2;;;;;;;;/h3-8H2,1-2H3,(H,10,11);2-6H2,1H3;2*1-5H2;2-3H2,1H3,(H2,5,6);2*1-2H3;2*1H4;;;2*1H;;/q;;;;;;;;;2*+1;;;2*-1/i;;;;;;;;;;;2*1+1;;. The van der Waals surface area contributed by atoms with Crippen LogP contribution in [-0.4, -0.2) is 24.9 Å². The first-order valence-electron chi connectivity index (χ1n) is 16.2. The predicted molar refractivity (Wildman–Crippen MR) is 189 cm³/mol. The van der Waals surface area contributed by atoms with Crippen LogP contribution in [0.5, 0.6) is 0 Å². The van der Waals surface area contributed by atoms with Gasteiger partial charge in [0.2, 0.25) is 11.8 Å². The van der Waals surface area contributed by atoms with Crippen molar-refractivity contribution in [2.75, 3.05) is 13.1 Å². The number of rotatable bonds is 11. The van der Waals surface area contributed by atoms with E-state index in [2.05, 4.69) is 19.2 Å². The molecule has 0 aromatic rings. The molecule has 2 aliphatic rings. The number of hydrogen-bond donors (Lipinski definition) is 3. The van der Waals surface area contributed by atoms with Gasteiger partial charge >= 0.3 is 103 Å². The Balaban J connectivity index is -0.0000000246. The summed E-state index contributed by atoms with van der Waals surface area (Å²) in [4.78, 5) is 20.7. The zero-order chi connectivity index (χ0) is 29.4. The molecule has 2 amide bonds. The molecule has 2 saturated carbocycles. The maximum atomic E-state index is 10.9. The molecule has 0 aromatic heterocycles. The molecule has 2 aliphatic carbocycles. The van der Waals surface area contributed by atoms with Crippen molar-refractivity contribution >= 4 is 11.8 Å². The van der Waals surface area contributed by atoms with E-state index >= 15 is 0 Å². The third kappa shape index (κ3) is 92.2. The number of carbonyl (C=O) groups is 2. The molecule has 0 unspecified atom stereocenters. The van der Waals surface area contributed by atoms with E-state index in [4.69, 9.17) is 11.5 Å². The van der Waals surface area contributed by atoms with Crippen LogP contribution in [0, 0.1) is 0 Å². The maximum Gasteiger partial charge on any atom is 1.00 e. The number of nitrogens with two attached hydrogens (primary N) is 2. The van der Waals surface area contributed by atoms with Crippen molar-refractivity contribution in [2.45, 2.75) is 199 Å². The third-order valence-electron chi connectivity index (χ3n) is 5.38. The van der Waals surface area contributed by atoms with Crippen LogP contribution in [0.1, 0.15) is 204 Å². The van der Waals surface area contributed by atoms with Gasteiger partial charge in [0.15, 0.2) is 0 Å². The first-order valence-corrected chi connectivity index (χ1v) is 16.2. The summed E-state index contributed by atoms with van der Waals surface area (Å²) in [5, 5.41) is 2.88. The second-order valence-electron chi connectivity index (χ2n) is 9.05. The molecule has 0 aromatic carbocycles. The summed E-state index contributed by atoms with van der Waals surface area (Å²) in [6.45, 7) is 18.0. The Labute approximate surface area is 353 Å². The van der Waals surface area contributed by atoms with E-state index < -0.39 is 0 Å². The summed E-state index contributed by atoms with van der Waals surface area (Å²) < 4.78 is 0. The van der Waals surface area contributed by atoms with Gasteiger partial charge in [0, 0.05) is 22.2 Å². The first kappa shape index (κ1) is 65.8. The van der Waals surface area contributed by atoms with Crippen molar-refractivity contribution in [1.29, 1.82) is 0 Å². The van der Waals surface area contributed by atoms with Gasteiger partial charge in [-0.05, 0) is 32.2 Å². The van der Waals surface area contributed by atoms with Crippen molar-refractivity contribution < 1.29 is 118 Å². The van der Waals surface area contributed by atoms with Crippen molar-refractivity contribution in [2.24, 2.45) is 11.5 Å². The maximum absolute atomic E-state index is 10.9. The van der Waals surface area contributed by atoms with Crippen molar-refractivity contribution in [1.82, 2.24) is 5.32 Å².